The second-order valence-electron chi connectivity index (χ2n) is 5.41. The molecule has 0 aliphatic rings. The summed E-state index contributed by atoms with van der Waals surface area (Å²) in [4.78, 5) is 9.06. The number of para-hydroxylation sites is 2. The maximum absolute atomic E-state index is 11.3. The van der Waals surface area contributed by atoms with Gasteiger partial charge in [-0.15, -0.1) is 0 Å². The lowest BCUT2D eigenvalue weighted by molar-refractivity contribution is 0.598. The number of imidazole rings is 1. The first-order chi connectivity index (χ1) is 11.5. The Morgan fingerprint density at radius 3 is 2.54 bits per heavy atom. The van der Waals surface area contributed by atoms with E-state index in [0.717, 1.165) is 29.8 Å². The fourth-order valence-electron chi connectivity index (χ4n) is 2.51. The Labute approximate surface area is 140 Å². The summed E-state index contributed by atoms with van der Waals surface area (Å²) in [6.45, 7) is 2.97. The molecule has 0 bridgehead atoms. The van der Waals surface area contributed by atoms with Gasteiger partial charge in [0, 0.05) is 6.54 Å². The molecule has 0 aliphatic carbocycles. The summed E-state index contributed by atoms with van der Waals surface area (Å²) in [5, 5.41) is 5.09. The first kappa shape index (κ1) is 16.4. The minimum absolute atomic E-state index is 0.0691. The Balaban J connectivity index is 1.94. The second-order valence-corrected chi connectivity index (χ2v) is 6.97. The fraction of sp³-hybridized carbons (Fsp3) is 0.176. The smallest absolute Gasteiger partial charge is 0.238 e. The molecule has 1 aromatic heterocycles. The number of aliphatic imine (C=N–C) groups is 1. The van der Waals surface area contributed by atoms with E-state index in [4.69, 9.17) is 5.14 Å². The molecular formula is C17H18N4O2S. The van der Waals surface area contributed by atoms with Crippen LogP contribution in [0.15, 0.2) is 58.4 Å². The number of hydrogen-bond acceptors (Lipinski definition) is 4. The lowest BCUT2D eigenvalue weighted by Gasteiger charge is -2.04. The van der Waals surface area contributed by atoms with Gasteiger partial charge in [-0.3, -0.25) is 4.99 Å². The first-order valence-corrected chi connectivity index (χ1v) is 9.16. The van der Waals surface area contributed by atoms with Crippen LogP contribution in [0.1, 0.15) is 19.2 Å². The zero-order valence-electron chi connectivity index (χ0n) is 13.3. The zero-order chi connectivity index (χ0) is 17.2. The van der Waals surface area contributed by atoms with Crippen molar-refractivity contribution in [2.45, 2.75) is 24.8 Å². The number of aryl methyl sites for hydroxylation is 1. The molecule has 0 saturated carbocycles. The quantitative estimate of drug-likeness (QED) is 0.723. The van der Waals surface area contributed by atoms with E-state index in [-0.39, 0.29) is 4.90 Å². The number of aromatic nitrogens is 2. The van der Waals surface area contributed by atoms with E-state index in [9.17, 15) is 8.42 Å². The van der Waals surface area contributed by atoms with Gasteiger partial charge in [0.05, 0.1) is 27.8 Å². The standard InChI is InChI=1S/C17H18N4O2S/c1-2-11-21-16-6-4-3-5-15(16)20-17(21)12-19-13-7-9-14(10-8-13)24(18,22)23/h3-10,12H,2,11H2,1H3,(H2,18,22,23). The van der Waals surface area contributed by atoms with Crippen molar-refractivity contribution in [3.8, 4) is 0 Å². The molecule has 6 nitrogen and oxygen atoms in total. The molecule has 24 heavy (non-hydrogen) atoms. The molecule has 7 heteroatoms. The van der Waals surface area contributed by atoms with Crippen molar-refractivity contribution in [3.63, 3.8) is 0 Å². The van der Waals surface area contributed by atoms with E-state index in [1.54, 1.807) is 18.3 Å². The number of nitrogens with zero attached hydrogens (tertiary/aromatic N) is 3. The molecule has 0 amide bonds. The van der Waals surface area contributed by atoms with Crippen LogP contribution in [-0.2, 0) is 16.6 Å². The monoisotopic (exact) mass is 342 g/mol. The molecular weight excluding hydrogens is 324 g/mol. The van der Waals surface area contributed by atoms with Crippen molar-refractivity contribution in [2.75, 3.05) is 0 Å². The highest BCUT2D eigenvalue weighted by Crippen LogP contribution is 2.18. The lowest BCUT2D eigenvalue weighted by Crippen LogP contribution is -2.11. The van der Waals surface area contributed by atoms with Gasteiger partial charge in [0.25, 0.3) is 0 Å². The SMILES string of the molecule is CCCn1c(C=Nc2ccc(S(N)(=O)=O)cc2)nc2ccccc21. The number of primary sulfonamides is 1. The van der Waals surface area contributed by atoms with E-state index in [1.165, 1.54) is 12.1 Å². The summed E-state index contributed by atoms with van der Waals surface area (Å²) in [6, 6.07) is 14.1. The van der Waals surface area contributed by atoms with Gasteiger partial charge in [0.1, 0.15) is 0 Å². The molecule has 124 valence electrons. The van der Waals surface area contributed by atoms with Gasteiger partial charge >= 0.3 is 0 Å². The van der Waals surface area contributed by atoms with E-state index >= 15 is 0 Å². The molecule has 0 atom stereocenters. The molecule has 0 spiro atoms. The third-order valence-corrected chi connectivity index (χ3v) is 4.55. The normalized spacial score (nSPS) is 12.2. The molecule has 2 aromatic carbocycles. The van der Waals surface area contributed by atoms with Crippen molar-refractivity contribution in [3.05, 3.63) is 54.4 Å². The highest BCUT2D eigenvalue weighted by atomic mass is 32.2. The fourth-order valence-corrected chi connectivity index (χ4v) is 3.02. The van der Waals surface area contributed by atoms with Gasteiger partial charge in [-0.25, -0.2) is 18.5 Å². The Morgan fingerprint density at radius 1 is 1.17 bits per heavy atom. The van der Waals surface area contributed by atoms with Crippen molar-refractivity contribution < 1.29 is 8.42 Å². The third kappa shape index (κ3) is 3.37. The van der Waals surface area contributed by atoms with Gasteiger partial charge in [-0.2, -0.15) is 0 Å². The highest BCUT2D eigenvalue weighted by molar-refractivity contribution is 7.89. The first-order valence-electron chi connectivity index (χ1n) is 7.61. The number of fused-ring (bicyclic) bond motifs is 1. The molecule has 1 heterocycles. The van der Waals surface area contributed by atoms with Crippen LogP contribution in [0.25, 0.3) is 11.0 Å². The Morgan fingerprint density at radius 2 is 1.88 bits per heavy atom. The molecule has 0 aliphatic heterocycles. The van der Waals surface area contributed by atoms with Crippen LogP contribution in [0.5, 0.6) is 0 Å². The van der Waals surface area contributed by atoms with Crippen LogP contribution in [-0.4, -0.2) is 24.2 Å². The lowest BCUT2D eigenvalue weighted by atomic mass is 10.3. The topological polar surface area (TPSA) is 90.3 Å². The van der Waals surface area contributed by atoms with Gasteiger partial charge in [0.2, 0.25) is 10.0 Å². The van der Waals surface area contributed by atoms with Crippen LogP contribution < -0.4 is 5.14 Å². The third-order valence-electron chi connectivity index (χ3n) is 3.63. The average Bonchev–Trinajstić information content (AvgIpc) is 2.91. The number of nitrogens with two attached hydrogens (primary N) is 1. The molecule has 2 N–H and O–H groups in total. The average molecular weight is 342 g/mol. The number of rotatable bonds is 5. The molecule has 0 saturated heterocycles. The Kier molecular flexibility index (Phi) is 4.46. The minimum Gasteiger partial charge on any atom is -0.323 e. The molecule has 3 rings (SSSR count). The molecule has 0 radical (unpaired) electrons. The summed E-state index contributed by atoms with van der Waals surface area (Å²) < 4.78 is 24.7. The minimum atomic E-state index is -3.69. The van der Waals surface area contributed by atoms with Crippen molar-refractivity contribution in [2.24, 2.45) is 10.1 Å². The van der Waals surface area contributed by atoms with Gasteiger partial charge in [0.15, 0.2) is 5.82 Å². The maximum Gasteiger partial charge on any atom is 0.238 e. The van der Waals surface area contributed by atoms with Crippen LogP contribution in [0.4, 0.5) is 5.69 Å². The van der Waals surface area contributed by atoms with Crippen LogP contribution >= 0.6 is 0 Å². The van der Waals surface area contributed by atoms with Gasteiger partial charge in [-0.05, 0) is 42.8 Å². The van der Waals surface area contributed by atoms with E-state index in [1.807, 2.05) is 24.3 Å². The Hall–Kier alpha value is -2.51. The van der Waals surface area contributed by atoms with E-state index in [0.29, 0.717) is 5.69 Å². The summed E-state index contributed by atoms with van der Waals surface area (Å²) in [5.74, 6) is 0.772. The van der Waals surface area contributed by atoms with Gasteiger partial charge < -0.3 is 4.57 Å². The molecule has 0 unspecified atom stereocenters. The van der Waals surface area contributed by atoms with Crippen LogP contribution in [0.2, 0.25) is 0 Å². The number of hydrogen-bond donors (Lipinski definition) is 1. The Bertz CT molecular complexity index is 989. The van der Waals surface area contributed by atoms with Crippen LogP contribution in [0.3, 0.4) is 0 Å². The number of benzene rings is 2. The summed E-state index contributed by atoms with van der Waals surface area (Å²) >= 11 is 0. The largest absolute Gasteiger partial charge is 0.323 e. The molecule has 0 fully saturated rings. The summed E-state index contributed by atoms with van der Waals surface area (Å²) in [6.07, 6.45) is 2.69. The van der Waals surface area contributed by atoms with E-state index in [2.05, 4.69) is 21.5 Å². The number of sulfonamides is 1. The van der Waals surface area contributed by atoms with Gasteiger partial charge in [-0.1, -0.05) is 19.1 Å². The van der Waals surface area contributed by atoms with Crippen molar-refractivity contribution >= 4 is 33.0 Å². The van der Waals surface area contributed by atoms with Crippen molar-refractivity contribution in [1.29, 1.82) is 0 Å². The predicted molar refractivity (Wildman–Crippen MR) is 95.1 cm³/mol. The maximum atomic E-state index is 11.3. The predicted octanol–water partition coefficient (Wildman–Crippen LogP) is 2.84. The highest BCUT2D eigenvalue weighted by Gasteiger charge is 2.08. The van der Waals surface area contributed by atoms with Crippen LogP contribution in [0, 0.1) is 0 Å². The zero-order valence-corrected chi connectivity index (χ0v) is 14.1. The second kappa shape index (κ2) is 6.54. The summed E-state index contributed by atoms with van der Waals surface area (Å²) in [5.41, 5.74) is 2.64. The van der Waals surface area contributed by atoms with E-state index < -0.39 is 10.0 Å². The molecule has 3 aromatic rings. The van der Waals surface area contributed by atoms with Crippen molar-refractivity contribution in [1.82, 2.24) is 9.55 Å². The summed E-state index contributed by atoms with van der Waals surface area (Å²) in [7, 11) is -3.69.